The third-order valence-corrected chi connectivity index (χ3v) is 3.65. The summed E-state index contributed by atoms with van der Waals surface area (Å²) in [5, 5.41) is 9.10. The van der Waals surface area contributed by atoms with Gasteiger partial charge in [-0.15, -0.1) is 0 Å². The number of carboxylic acids is 1. The molecular formula is C14H18N2O3. The molecule has 1 unspecified atom stereocenters. The molecular weight excluding hydrogens is 244 g/mol. The number of likely N-dealkylation sites (tertiary alicyclic amines) is 1. The molecule has 5 heteroatoms. The van der Waals surface area contributed by atoms with E-state index >= 15 is 0 Å². The molecule has 0 radical (unpaired) electrons. The Bertz CT molecular complexity index is 499. The molecule has 1 amide bonds. The maximum absolute atomic E-state index is 11.9. The molecule has 0 aliphatic carbocycles. The standard InChI is InChI=1S/C14H18N2O3/c1-9(2)10-6-13(17)16(7-10)8-12-11(14(18)19)4-3-5-15-12/h3-5,9-10H,6-8H2,1-2H3,(H,18,19). The van der Waals surface area contributed by atoms with E-state index in [0.717, 1.165) is 0 Å². The zero-order valence-corrected chi connectivity index (χ0v) is 11.2. The highest BCUT2D eigenvalue weighted by molar-refractivity contribution is 5.89. The van der Waals surface area contributed by atoms with Crippen molar-refractivity contribution in [1.82, 2.24) is 9.88 Å². The molecule has 2 rings (SSSR count). The molecule has 1 fully saturated rings. The van der Waals surface area contributed by atoms with E-state index in [1.54, 1.807) is 17.2 Å². The molecule has 0 bridgehead atoms. The molecule has 19 heavy (non-hydrogen) atoms. The van der Waals surface area contributed by atoms with Crippen LogP contribution in [0, 0.1) is 11.8 Å². The van der Waals surface area contributed by atoms with Crippen molar-refractivity contribution in [1.29, 1.82) is 0 Å². The van der Waals surface area contributed by atoms with E-state index < -0.39 is 5.97 Å². The molecule has 1 atom stereocenters. The Hall–Kier alpha value is -1.91. The van der Waals surface area contributed by atoms with Crippen LogP contribution in [0.25, 0.3) is 0 Å². The van der Waals surface area contributed by atoms with Gasteiger partial charge in [0.05, 0.1) is 17.8 Å². The summed E-state index contributed by atoms with van der Waals surface area (Å²) >= 11 is 0. The Morgan fingerprint density at radius 2 is 2.32 bits per heavy atom. The number of pyridine rings is 1. The van der Waals surface area contributed by atoms with Crippen molar-refractivity contribution in [2.24, 2.45) is 11.8 Å². The first kappa shape index (κ1) is 13.5. The van der Waals surface area contributed by atoms with Crippen LogP contribution < -0.4 is 0 Å². The topological polar surface area (TPSA) is 70.5 Å². The summed E-state index contributed by atoms with van der Waals surface area (Å²) in [5.74, 6) is -0.114. The van der Waals surface area contributed by atoms with Gasteiger partial charge in [0.2, 0.25) is 5.91 Å². The Morgan fingerprint density at radius 1 is 1.58 bits per heavy atom. The molecule has 0 aromatic carbocycles. The first-order valence-corrected chi connectivity index (χ1v) is 6.44. The number of carboxylic acid groups (broad SMARTS) is 1. The van der Waals surface area contributed by atoms with Crippen molar-refractivity contribution in [3.63, 3.8) is 0 Å². The number of carbonyl (C=O) groups is 2. The summed E-state index contributed by atoms with van der Waals surface area (Å²) in [6.45, 7) is 5.17. The zero-order chi connectivity index (χ0) is 14.0. The number of hydrogen-bond donors (Lipinski definition) is 1. The van der Waals surface area contributed by atoms with Gasteiger partial charge in [0, 0.05) is 19.2 Å². The van der Waals surface area contributed by atoms with Crippen LogP contribution in [0.15, 0.2) is 18.3 Å². The average Bonchev–Trinajstić information content (AvgIpc) is 2.72. The van der Waals surface area contributed by atoms with E-state index in [1.165, 1.54) is 6.07 Å². The maximum Gasteiger partial charge on any atom is 0.337 e. The van der Waals surface area contributed by atoms with Crippen molar-refractivity contribution in [3.05, 3.63) is 29.6 Å². The lowest BCUT2D eigenvalue weighted by molar-refractivity contribution is -0.128. The number of nitrogens with zero attached hydrogens (tertiary/aromatic N) is 2. The molecule has 0 saturated carbocycles. The Balaban J connectivity index is 2.14. The molecule has 1 aliphatic rings. The molecule has 0 spiro atoms. The van der Waals surface area contributed by atoms with Crippen molar-refractivity contribution in [2.75, 3.05) is 6.54 Å². The zero-order valence-electron chi connectivity index (χ0n) is 11.2. The molecule has 2 heterocycles. The first-order chi connectivity index (χ1) is 8.99. The fraction of sp³-hybridized carbons (Fsp3) is 0.500. The molecule has 1 saturated heterocycles. The van der Waals surface area contributed by atoms with Crippen molar-refractivity contribution in [3.8, 4) is 0 Å². The lowest BCUT2D eigenvalue weighted by Gasteiger charge is -2.18. The van der Waals surface area contributed by atoms with Gasteiger partial charge in [-0.25, -0.2) is 4.79 Å². The van der Waals surface area contributed by atoms with Crippen LogP contribution in [0.1, 0.15) is 36.3 Å². The van der Waals surface area contributed by atoms with Crippen LogP contribution in [-0.2, 0) is 11.3 Å². The highest BCUT2D eigenvalue weighted by Crippen LogP contribution is 2.26. The second kappa shape index (κ2) is 5.38. The van der Waals surface area contributed by atoms with Crippen LogP contribution >= 0.6 is 0 Å². The number of amides is 1. The second-order valence-electron chi connectivity index (χ2n) is 5.29. The van der Waals surface area contributed by atoms with Gasteiger partial charge < -0.3 is 10.0 Å². The summed E-state index contributed by atoms with van der Waals surface area (Å²) in [6, 6.07) is 3.11. The Labute approximate surface area is 112 Å². The predicted molar refractivity (Wildman–Crippen MR) is 69.6 cm³/mol. The maximum atomic E-state index is 11.9. The van der Waals surface area contributed by atoms with Crippen LogP contribution in [0.5, 0.6) is 0 Å². The molecule has 102 valence electrons. The van der Waals surface area contributed by atoms with E-state index in [9.17, 15) is 9.59 Å². The number of hydrogen-bond acceptors (Lipinski definition) is 3. The summed E-state index contributed by atoms with van der Waals surface area (Å²) in [7, 11) is 0. The number of rotatable bonds is 4. The summed E-state index contributed by atoms with van der Waals surface area (Å²) < 4.78 is 0. The van der Waals surface area contributed by atoms with Gasteiger partial charge in [-0.1, -0.05) is 13.8 Å². The van der Waals surface area contributed by atoms with Crippen molar-refractivity contribution >= 4 is 11.9 Å². The van der Waals surface area contributed by atoms with Gasteiger partial charge in [-0.2, -0.15) is 0 Å². The Morgan fingerprint density at radius 3 is 2.89 bits per heavy atom. The second-order valence-corrected chi connectivity index (χ2v) is 5.29. The van der Waals surface area contributed by atoms with Gasteiger partial charge in [0.25, 0.3) is 0 Å². The number of aromatic carboxylic acids is 1. The fourth-order valence-corrected chi connectivity index (χ4v) is 2.34. The van der Waals surface area contributed by atoms with Gasteiger partial charge in [-0.3, -0.25) is 9.78 Å². The van der Waals surface area contributed by atoms with Crippen LogP contribution in [0.2, 0.25) is 0 Å². The smallest absolute Gasteiger partial charge is 0.337 e. The van der Waals surface area contributed by atoms with Crippen LogP contribution in [0.3, 0.4) is 0 Å². The summed E-state index contributed by atoms with van der Waals surface area (Å²) in [5.41, 5.74) is 0.621. The minimum Gasteiger partial charge on any atom is -0.478 e. The van der Waals surface area contributed by atoms with Crippen LogP contribution in [0.4, 0.5) is 0 Å². The third kappa shape index (κ3) is 2.92. The van der Waals surface area contributed by atoms with Crippen molar-refractivity contribution < 1.29 is 14.7 Å². The SMILES string of the molecule is CC(C)C1CC(=O)N(Cc2ncccc2C(=O)O)C1. The fourth-order valence-electron chi connectivity index (χ4n) is 2.34. The van der Waals surface area contributed by atoms with Crippen LogP contribution in [-0.4, -0.2) is 33.4 Å². The molecule has 1 N–H and O–H groups in total. The van der Waals surface area contributed by atoms with E-state index in [0.29, 0.717) is 30.5 Å². The normalized spacial score (nSPS) is 19.2. The highest BCUT2D eigenvalue weighted by atomic mass is 16.4. The van der Waals surface area contributed by atoms with Crippen molar-refractivity contribution in [2.45, 2.75) is 26.8 Å². The lowest BCUT2D eigenvalue weighted by atomic mass is 9.95. The minimum atomic E-state index is -1.00. The molecule has 1 aliphatic heterocycles. The Kier molecular flexibility index (Phi) is 3.83. The van der Waals surface area contributed by atoms with E-state index in [4.69, 9.17) is 5.11 Å². The van der Waals surface area contributed by atoms with Gasteiger partial charge >= 0.3 is 5.97 Å². The predicted octanol–water partition coefficient (Wildman–Crippen LogP) is 1.78. The molecule has 1 aromatic heterocycles. The third-order valence-electron chi connectivity index (χ3n) is 3.65. The van der Waals surface area contributed by atoms with Gasteiger partial charge in [0.15, 0.2) is 0 Å². The quantitative estimate of drug-likeness (QED) is 0.898. The average molecular weight is 262 g/mol. The summed E-state index contributed by atoms with van der Waals surface area (Å²) in [4.78, 5) is 28.8. The first-order valence-electron chi connectivity index (χ1n) is 6.44. The largest absolute Gasteiger partial charge is 0.478 e. The number of aromatic nitrogens is 1. The number of carbonyl (C=O) groups excluding carboxylic acids is 1. The lowest BCUT2D eigenvalue weighted by Crippen LogP contribution is -2.26. The van der Waals surface area contributed by atoms with Gasteiger partial charge in [-0.05, 0) is 24.0 Å². The highest BCUT2D eigenvalue weighted by Gasteiger charge is 2.32. The summed E-state index contributed by atoms with van der Waals surface area (Å²) in [6.07, 6.45) is 2.11. The van der Waals surface area contributed by atoms with E-state index in [1.807, 2.05) is 0 Å². The minimum absolute atomic E-state index is 0.0840. The van der Waals surface area contributed by atoms with Gasteiger partial charge in [0.1, 0.15) is 0 Å². The van der Waals surface area contributed by atoms with E-state index in [-0.39, 0.29) is 18.0 Å². The van der Waals surface area contributed by atoms with E-state index in [2.05, 4.69) is 18.8 Å². The monoisotopic (exact) mass is 262 g/mol. The molecule has 1 aromatic rings. The molecule has 5 nitrogen and oxygen atoms in total.